The van der Waals surface area contributed by atoms with Gasteiger partial charge in [0.1, 0.15) is 6.04 Å². The summed E-state index contributed by atoms with van der Waals surface area (Å²) in [7, 11) is 0. The van der Waals surface area contributed by atoms with Crippen molar-refractivity contribution in [2.45, 2.75) is 18.5 Å². The van der Waals surface area contributed by atoms with Gasteiger partial charge in [-0.05, 0) is 12.1 Å². The summed E-state index contributed by atoms with van der Waals surface area (Å²) in [5.41, 5.74) is 11.0. The van der Waals surface area contributed by atoms with Gasteiger partial charge in [-0.2, -0.15) is 12.6 Å². The molecule has 0 saturated heterocycles. The lowest BCUT2D eigenvalue weighted by Gasteiger charge is -2.13. The molecule has 0 aromatic heterocycles. The van der Waals surface area contributed by atoms with Gasteiger partial charge in [0, 0.05) is 23.3 Å². The second kappa shape index (κ2) is 6.60. The van der Waals surface area contributed by atoms with Crippen LogP contribution in [0.1, 0.15) is 15.9 Å². The molecule has 0 aliphatic heterocycles. The van der Waals surface area contributed by atoms with Crippen LogP contribution in [-0.2, 0) is 11.2 Å². The molecule has 7 nitrogen and oxygen atoms in total. The van der Waals surface area contributed by atoms with Gasteiger partial charge in [0.15, 0.2) is 17.3 Å². The number of carboxylic acids is 1. The first-order chi connectivity index (χ1) is 9.27. The molecule has 110 valence electrons. The minimum atomic E-state index is -1.26. The summed E-state index contributed by atoms with van der Waals surface area (Å²) in [5.74, 6) is -2.65. The minimum absolute atomic E-state index is 0.0643. The Bertz CT molecular complexity index is 535. The van der Waals surface area contributed by atoms with Crippen molar-refractivity contribution in [1.29, 1.82) is 0 Å². The highest BCUT2D eigenvalue weighted by Crippen LogP contribution is 2.31. The Balaban J connectivity index is 3.16. The van der Waals surface area contributed by atoms with Crippen molar-refractivity contribution < 1.29 is 24.9 Å². The van der Waals surface area contributed by atoms with Crippen molar-refractivity contribution in [3.63, 3.8) is 0 Å². The van der Waals surface area contributed by atoms with Crippen LogP contribution in [0.15, 0.2) is 12.1 Å². The molecule has 1 aromatic carbocycles. The second-order valence-corrected chi connectivity index (χ2v) is 4.67. The molecule has 1 rings (SSSR count). The Kier molecular flexibility index (Phi) is 5.37. The van der Waals surface area contributed by atoms with Crippen molar-refractivity contribution in [2.24, 2.45) is 11.5 Å². The average molecular weight is 300 g/mol. The van der Waals surface area contributed by atoms with E-state index in [1.807, 2.05) is 0 Å². The Hall–Kier alpha value is -1.77. The summed E-state index contributed by atoms with van der Waals surface area (Å²) in [4.78, 5) is 22.6. The zero-order valence-electron chi connectivity index (χ0n) is 10.5. The number of carbonyl (C=O) groups excluding carboxylic acids is 1. The van der Waals surface area contributed by atoms with E-state index in [1.54, 1.807) is 0 Å². The molecular formula is C12H16N2O5S. The van der Waals surface area contributed by atoms with Crippen LogP contribution in [0.25, 0.3) is 0 Å². The summed E-state index contributed by atoms with van der Waals surface area (Å²) >= 11 is 3.90. The maximum Gasteiger partial charge on any atom is 0.320 e. The number of phenolic OH excluding ortho intramolecular Hbond substituents is 2. The number of rotatable bonds is 6. The smallest absolute Gasteiger partial charge is 0.320 e. The van der Waals surface area contributed by atoms with Crippen molar-refractivity contribution in [1.82, 2.24) is 0 Å². The third-order valence-electron chi connectivity index (χ3n) is 2.74. The quantitative estimate of drug-likeness (QED) is 0.235. The molecule has 0 radical (unpaired) electrons. The zero-order chi connectivity index (χ0) is 15.4. The van der Waals surface area contributed by atoms with Crippen LogP contribution in [0.5, 0.6) is 11.5 Å². The topological polar surface area (TPSA) is 147 Å². The molecule has 0 fully saturated rings. The SMILES string of the molecule is NC(Cc1cc(C(=O)C(N)CS)cc(O)c1O)C(=O)O. The number of carbonyl (C=O) groups is 2. The Morgan fingerprint density at radius 2 is 1.80 bits per heavy atom. The van der Waals surface area contributed by atoms with Gasteiger partial charge in [-0.1, -0.05) is 0 Å². The fraction of sp³-hybridized carbons (Fsp3) is 0.333. The largest absolute Gasteiger partial charge is 0.504 e. The highest BCUT2D eigenvalue weighted by molar-refractivity contribution is 7.80. The number of nitrogens with two attached hydrogens (primary N) is 2. The van der Waals surface area contributed by atoms with Crippen LogP contribution in [0, 0.1) is 0 Å². The van der Waals surface area contributed by atoms with E-state index in [0.29, 0.717) is 0 Å². The predicted molar refractivity (Wildman–Crippen MR) is 75.2 cm³/mol. The Morgan fingerprint density at radius 3 is 2.30 bits per heavy atom. The van der Waals surface area contributed by atoms with E-state index >= 15 is 0 Å². The van der Waals surface area contributed by atoms with Gasteiger partial charge in [0.05, 0.1) is 6.04 Å². The fourth-order valence-corrected chi connectivity index (χ4v) is 1.76. The molecule has 0 saturated carbocycles. The van der Waals surface area contributed by atoms with E-state index in [1.165, 1.54) is 6.07 Å². The monoisotopic (exact) mass is 300 g/mol. The molecule has 0 spiro atoms. The third-order valence-corrected chi connectivity index (χ3v) is 3.14. The van der Waals surface area contributed by atoms with Gasteiger partial charge in [0.2, 0.25) is 0 Å². The lowest BCUT2D eigenvalue weighted by atomic mass is 9.98. The Morgan fingerprint density at radius 1 is 1.20 bits per heavy atom. The summed E-state index contributed by atoms with van der Waals surface area (Å²) in [5, 5.41) is 28.0. The molecular weight excluding hydrogens is 284 g/mol. The average Bonchev–Trinajstić information content (AvgIpc) is 2.41. The molecule has 2 unspecified atom stereocenters. The molecule has 20 heavy (non-hydrogen) atoms. The molecule has 2 atom stereocenters. The molecule has 0 heterocycles. The van der Waals surface area contributed by atoms with Gasteiger partial charge in [-0.25, -0.2) is 0 Å². The van der Waals surface area contributed by atoms with E-state index in [-0.39, 0.29) is 23.3 Å². The highest BCUT2D eigenvalue weighted by Gasteiger charge is 2.21. The van der Waals surface area contributed by atoms with Crippen LogP contribution < -0.4 is 11.5 Å². The van der Waals surface area contributed by atoms with E-state index in [0.717, 1.165) is 6.07 Å². The first-order valence-corrected chi connectivity index (χ1v) is 6.35. The van der Waals surface area contributed by atoms with E-state index < -0.39 is 35.3 Å². The van der Waals surface area contributed by atoms with Gasteiger partial charge < -0.3 is 26.8 Å². The van der Waals surface area contributed by atoms with Gasteiger partial charge in [0.25, 0.3) is 0 Å². The molecule has 8 heteroatoms. The van der Waals surface area contributed by atoms with Crippen LogP contribution in [0.4, 0.5) is 0 Å². The lowest BCUT2D eigenvalue weighted by molar-refractivity contribution is -0.138. The summed E-state index contributed by atoms with van der Waals surface area (Å²) in [6.07, 6.45) is -0.230. The zero-order valence-corrected chi connectivity index (χ0v) is 11.4. The number of aliphatic carboxylic acids is 1. The number of hydrogen-bond donors (Lipinski definition) is 6. The Labute approximate surface area is 120 Å². The summed E-state index contributed by atoms with van der Waals surface area (Å²) in [6.45, 7) is 0. The summed E-state index contributed by atoms with van der Waals surface area (Å²) < 4.78 is 0. The number of phenols is 2. The lowest BCUT2D eigenvalue weighted by Crippen LogP contribution is -2.33. The van der Waals surface area contributed by atoms with Crippen molar-refractivity contribution in [3.8, 4) is 11.5 Å². The van der Waals surface area contributed by atoms with Crippen molar-refractivity contribution >= 4 is 24.4 Å². The van der Waals surface area contributed by atoms with E-state index in [4.69, 9.17) is 16.6 Å². The van der Waals surface area contributed by atoms with E-state index in [2.05, 4.69) is 12.6 Å². The minimum Gasteiger partial charge on any atom is -0.504 e. The maximum atomic E-state index is 11.9. The summed E-state index contributed by atoms with van der Waals surface area (Å²) in [6, 6.07) is 0.215. The number of hydrogen-bond acceptors (Lipinski definition) is 7. The van der Waals surface area contributed by atoms with Crippen LogP contribution in [0.2, 0.25) is 0 Å². The van der Waals surface area contributed by atoms with Crippen molar-refractivity contribution in [3.05, 3.63) is 23.3 Å². The predicted octanol–water partition coefficient (Wildman–Crippen LogP) is -0.508. The van der Waals surface area contributed by atoms with Gasteiger partial charge in [-0.3, -0.25) is 9.59 Å². The van der Waals surface area contributed by atoms with Crippen LogP contribution in [0.3, 0.4) is 0 Å². The number of benzene rings is 1. The molecule has 7 N–H and O–H groups in total. The first-order valence-electron chi connectivity index (χ1n) is 5.71. The first kappa shape index (κ1) is 16.3. The molecule has 0 aliphatic carbocycles. The standard InChI is InChI=1S/C12H16N2O5S/c13-7(12(18)19)2-5-1-6(3-9(15)11(5)17)10(16)8(14)4-20/h1,3,7-8,15,17,20H,2,4,13-14H2,(H,18,19). The van der Waals surface area contributed by atoms with Gasteiger partial charge >= 0.3 is 5.97 Å². The fourth-order valence-electron chi connectivity index (χ4n) is 1.60. The molecule has 0 amide bonds. The highest BCUT2D eigenvalue weighted by atomic mass is 32.1. The number of aromatic hydroxyl groups is 2. The number of ketones is 1. The van der Waals surface area contributed by atoms with Crippen LogP contribution >= 0.6 is 12.6 Å². The van der Waals surface area contributed by atoms with Gasteiger partial charge in [-0.15, -0.1) is 0 Å². The number of carboxylic acid groups (broad SMARTS) is 1. The normalized spacial score (nSPS) is 13.8. The van der Waals surface area contributed by atoms with Crippen LogP contribution in [-0.4, -0.2) is 44.9 Å². The number of thiol groups is 1. The van der Waals surface area contributed by atoms with Crippen molar-refractivity contribution in [2.75, 3.05) is 5.75 Å². The molecule has 0 bridgehead atoms. The molecule has 1 aromatic rings. The molecule has 0 aliphatic rings. The maximum absolute atomic E-state index is 11.9. The van der Waals surface area contributed by atoms with E-state index in [9.17, 15) is 19.8 Å². The second-order valence-electron chi connectivity index (χ2n) is 4.31. The third kappa shape index (κ3) is 3.62. The number of Topliss-reactive ketones (excluding diaryl/α,β-unsaturated/α-hetero) is 1.